The van der Waals surface area contributed by atoms with Gasteiger partial charge in [0.15, 0.2) is 0 Å². The molecule has 1 aliphatic heterocycles. The molecule has 2 N–H and O–H groups in total. The predicted molar refractivity (Wildman–Crippen MR) is 123 cm³/mol. The number of fused-ring (bicyclic) bond motifs is 1. The third-order valence-electron chi connectivity index (χ3n) is 6.83. The second-order valence-corrected chi connectivity index (χ2v) is 9.43. The highest BCUT2D eigenvalue weighted by atomic mass is 19.3. The Kier molecular flexibility index (Phi) is 6.35. The van der Waals surface area contributed by atoms with Gasteiger partial charge in [0, 0.05) is 49.8 Å². The molecule has 2 aromatic heterocycles. The fourth-order valence-corrected chi connectivity index (χ4v) is 4.61. The van der Waals surface area contributed by atoms with Gasteiger partial charge in [-0.25, -0.2) is 18.7 Å². The summed E-state index contributed by atoms with van der Waals surface area (Å²) in [7, 11) is 0. The molecule has 0 spiro atoms. The number of rotatable bonds is 8. The maximum Gasteiger partial charge on any atom is 0.319 e. The lowest BCUT2D eigenvalue weighted by atomic mass is 9.87. The maximum absolute atomic E-state index is 13.3. The molecule has 2 aromatic rings. The number of nitrogens with one attached hydrogen (secondary N) is 1. The van der Waals surface area contributed by atoms with Crippen LogP contribution in [0, 0.1) is 11.8 Å². The van der Waals surface area contributed by atoms with E-state index in [1.54, 1.807) is 19.3 Å². The standard InChI is InChI=1S/C24H28F2N6O3/c1-14(11-33)29-22(34)20-8-21(31-23(30-20)35-12-16-9-24(16,25)26)32-6-4-15(5-7-32)17-2-3-19-18(17)10-27-13-28-19/h2,8,10,13-16,33H,3-7,9,11-12H2,1H3,(H,29,34)/t14-,16?/m1/s1. The molecule has 0 bridgehead atoms. The lowest BCUT2D eigenvalue weighted by Gasteiger charge is -2.33. The molecule has 5 rings (SSSR count). The molecule has 2 aliphatic carbocycles. The first-order chi connectivity index (χ1) is 16.8. The number of aromatic nitrogens is 4. The van der Waals surface area contributed by atoms with E-state index in [1.165, 1.54) is 5.57 Å². The number of allylic oxidation sites excluding steroid dienone is 2. The Balaban J connectivity index is 1.30. The lowest BCUT2D eigenvalue weighted by Crippen LogP contribution is -2.37. The molecule has 9 nitrogen and oxygen atoms in total. The first-order valence-electron chi connectivity index (χ1n) is 11.9. The van der Waals surface area contributed by atoms with Gasteiger partial charge in [0.2, 0.25) is 0 Å². The maximum atomic E-state index is 13.3. The highest BCUT2D eigenvalue weighted by molar-refractivity contribution is 5.93. The molecule has 1 saturated heterocycles. The molecule has 186 valence electrons. The summed E-state index contributed by atoms with van der Waals surface area (Å²) in [6, 6.07) is 1.02. The van der Waals surface area contributed by atoms with Gasteiger partial charge in [0.1, 0.15) is 24.4 Å². The quantitative estimate of drug-likeness (QED) is 0.584. The van der Waals surface area contributed by atoms with Crippen molar-refractivity contribution >= 4 is 17.3 Å². The van der Waals surface area contributed by atoms with Crippen molar-refractivity contribution in [2.24, 2.45) is 11.8 Å². The van der Waals surface area contributed by atoms with Crippen LogP contribution in [-0.4, -0.2) is 69.2 Å². The largest absolute Gasteiger partial charge is 0.463 e. The minimum Gasteiger partial charge on any atom is -0.463 e. The number of hydrogen-bond acceptors (Lipinski definition) is 8. The van der Waals surface area contributed by atoms with E-state index < -0.39 is 23.8 Å². The first-order valence-corrected chi connectivity index (χ1v) is 11.9. The molecular weight excluding hydrogens is 458 g/mol. The van der Waals surface area contributed by atoms with Crippen molar-refractivity contribution in [2.45, 2.75) is 44.6 Å². The summed E-state index contributed by atoms with van der Waals surface area (Å²) in [5.41, 5.74) is 3.54. The van der Waals surface area contributed by atoms with E-state index in [-0.39, 0.29) is 31.3 Å². The minimum atomic E-state index is -2.71. The Morgan fingerprint density at radius 2 is 2.11 bits per heavy atom. The zero-order chi connectivity index (χ0) is 24.6. The average Bonchev–Trinajstić information content (AvgIpc) is 3.27. The van der Waals surface area contributed by atoms with E-state index in [4.69, 9.17) is 4.74 Å². The summed E-state index contributed by atoms with van der Waals surface area (Å²) in [6.45, 7) is 2.65. The summed E-state index contributed by atoms with van der Waals surface area (Å²) < 4.78 is 32.1. The van der Waals surface area contributed by atoms with Gasteiger partial charge in [0.05, 0.1) is 18.2 Å². The molecule has 1 saturated carbocycles. The SMILES string of the molecule is C[C@H](CO)NC(=O)c1cc(N2CCC(C3=CCc4ncncc43)CC2)nc(OCC2CC2(F)F)n1. The van der Waals surface area contributed by atoms with E-state index in [0.717, 1.165) is 30.5 Å². The summed E-state index contributed by atoms with van der Waals surface area (Å²) in [5.74, 6) is -3.17. The monoisotopic (exact) mass is 486 g/mol. The van der Waals surface area contributed by atoms with Gasteiger partial charge in [-0.2, -0.15) is 9.97 Å². The minimum absolute atomic E-state index is 0.0690. The Morgan fingerprint density at radius 3 is 2.83 bits per heavy atom. The third kappa shape index (κ3) is 5.09. The summed E-state index contributed by atoms with van der Waals surface area (Å²) in [6.07, 6.45) is 8.07. The number of anilines is 1. The van der Waals surface area contributed by atoms with Gasteiger partial charge in [-0.1, -0.05) is 6.08 Å². The second kappa shape index (κ2) is 9.44. The van der Waals surface area contributed by atoms with Crippen LogP contribution < -0.4 is 15.0 Å². The predicted octanol–water partition coefficient (Wildman–Crippen LogP) is 2.27. The number of piperidine rings is 1. The van der Waals surface area contributed by atoms with Crippen LogP contribution in [0.5, 0.6) is 6.01 Å². The van der Waals surface area contributed by atoms with Crippen LogP contribution in [0.25, 0.3) is 5.57 Å². The zero-order valence-electron chi connectivity index (χ0n) is 19.5. The lowest BCUT2D eigenvalue weighted by molar-refractivity contribution is 0.0835. The summed E-state index contributed by atoms with van der Waals surface area (Å²) in [4.78, 5) is 31.8. The number of hydrogen-bond donors (Lipinski definition) is 2. The second-order valence-electron chi connectivity index (χ2n) is 9.43. The number of alkyl halides is 2. The number of carbonyl (C=O) groups is 1. The molecule has 11 heteroatoms. The topological polar surface area (TPSA) is 113 Å². The van der Waals surface area contributed by atoms with E-state index >= 15 is 0 Å². The fraction of sp³-hybridized carbons (Fsp3) is 0.542. The van der Waals surface area contributed by atoms with E-state index in [2.05, 4.69) is 36.2 Å². The molecule has 0 aromatic carbocycles. The van der Waals surface area contributed by atoms with Crippen molar-refractivity contribution in [3.8, 4) is 6.01 Å². The van der Waals surface area contributed by atoms with E-state index in [1.807, 2.05) is 6.20 Å². The van der Waals surface area contributed by atoms with Gasteiger partial charge in [-0.05, 0) is 31.3 Å². The van der Waals surface area contributed by atoms with Crippen molar-refractivity contribution in [1.29, 1.82) is 0 Å². The van der Waals surface area contributed by atoms with Crippen LogP contribution in [0.4, 0.5) is 14.6 Å². The van der Waals surface area contributed by atoms with Crippen molar-refractivity contribution in [3.05, 3.63) is 41.6 Å². The number of ether oxygens (including phenoxy) is 1. The number of amides is 1. The summed E-state index contributed by atoms with van der Waals surface area (Å²) >= 11 is 0. The highest BCUT2D eigenvalue weighted by Crippen LogP contribution is 2.48. The van der Waals surface area contributed by atoms with Crippen molar-refractivity contribution in [2.75, 3.05) is 31.2 Å². The molecule has 2 fully saturated rings. The van der Waals surface area contributed by atoms with Gasteiger partial charge in [-0.15, -0.1) is 0 Å². The van der Waals surface area contributed by atoms with Gasteiger partial charge >= 0.3 is 6.01 Å². The van der Waals surface area contributed by atoms with Crippen molar-refractivity contribution in [1.82, 2.24) is 25.3 Å². The average molecular weight is 487 g/mol. The molecule has 0 radical (unpaired) electrons. The van der Waals surface area contributed by atoms with Crippen LogP contribution >= 0.6 is 0 Å². The molecule has 3 aliphatic rings. The third-order valence-corrected chi connectivity index (χ3v) is 6.83. The van der Waals surface area contributed by atoms with Gasteiger partial charge in [-0.3, -0.25) is 4.79 Å². The fourth-order valence-electron chi connectivity index (χ4n) is 4.61. The number of aliphatic hydroxyl groups excluding tert-OH is 1. The van der Waals surface area contributed by atoms with Crippen molar-refractivity contribution < 1.29 is 23.4 Å². The Hall–Kier alpha value is -3.21. The smallest absolute Gasteiger partial charge is 0.319 e. The number of aliphatic hydroxyl groups is 1. The Labute approximate surface area is 201 Å². The number of halogens is 2. The molecule has 1 unspecified atom stereocenters. The molecule has 2 atom stereocenters. The normalized spacial score (nSPS) is 21.8. The molecule has 1 amide bonds. The van der Waals surface area contributed by atoms with Crippen molar-refractivity contribution in [3.63, 3.8) is 0 Å². The summed E-state index contributed by atoms with van der Waals surface area (Å²) in [5, 5.41) is 11.9. The van der Waals surface area contributed by atoms with Crippen LogP contribution in [0.1, 0.15) is 47.9 Å². The van der Waals surface area contributed by atoms with Crippen LogP contribution in [-0.2, 0) is 6.42 Å². The number of carbonyl (C=O) groups excluding carboxylic acids is 1. The molecular formula is C24H28F2N6O3. The first kappa shape index (κ1) is 23.5. The van der Waals surface area contributed by atoms with Gasteiger partial charge < -0.3 is 20.1 Å². The zero-order valence-corrected chi connectivity index (χ0v) is 19.5. The molecule has 35 heavy (non-hydrogen) atoms. The van der Waals surface area contributed by atoms with Crippen LogP contribution in [0.15, 0.2) is 24.7 Å². The molecule has 3 heterocycles. The highest BCUT2D eigenvalue weighted by Gasteiger charge is 2.57. The number of nitrogens with zero attached hydrogens (tertiary/aromatic N) is 5. The Morgan fingerprint density at radius 1 is 1.34 bits per heavy atom. The Bertz CT molecular complexity index is 1140. The van der Waals surface area contributed by atoms with Gasteiger partial charge in [0.25, 0.3) is 11.8 Å². The van der Waals surface area contributed by atoms with E-state index in [0.29, 0.717) is 24.8 Å². The van der Waals surface area contributed by atoms with E-state index in [9.17, 15) is 18.7 Å². The van der Waals surface area contributed by atoms with Crippen LogP contribution in [0.3, 0.4) is 0 Å². The van der Waals surface area contributed by atoms with Crippen LogP contribution in [0.2, 0.25) is 0 Å².